The van der Waals surface area contributed by atoms with Crippen LogP contribution in [0.3, 0.4) is 0 Å². The zero-order chi connectivity index (χ0) is 22.1. The van der Waals surface area contributed by atoms with Crippen LogP contribution in [0, 0.1) is 0 Å². The van der Waals surface area contributed by atoms with Gasteiger partial charge in [-0.2, -0.15) is 5.10 Å². The van der Waals surface area contributed by atoms with Crippen molar-refractivity contribution in [1.29, 1.82) is 0 Å². The molecule has 2 saturated heterocycles. The van der Waals surface area contributed by atoms with Crippen molar-refractivity contribution < 1.29 is 18.5 Å². The maximum atomic E-state index is 13.5. The second-order valence-electron chi connectivity index (χ2n) is 8.60. The Hall–Kier alpha value is -2.07. The number of aromatic nitrogens is 2. The third kappa shape index (κ3) is 4.03. The zero-order valence-corrected chi connectivity index (χ0v) is 19.3. The van der Waals surface area contributed by atoms with Gasteiger partial charge < -0.3 is 14.4 Å². The van der Waals surface area contributed by atoms with Crippen LogP contribution in [-0.2, 0) is 26.0 Å². The molecule has 0 radical (unpaired) electrons. The summed E-state index contributed by atoms with van der Waals surface area (Å²) in [5.74, 6) is 0.254. The van der Waals surface area contributed by atoms with Crippen molar-refractivity contribution in [1.82, 2.24) is 19.6 Å². The summed E-state index contributed by atoms with van der Waals surface area (Å²) in [5.41, 5.74) is 3.19. The summed E-state index contributed by atoms with van der Waals surface area (Å²) in [7, 11) is 0.541. The molecule has 5 rings (SSSR count). The first-order valence-electron chi connectivity index (χ1n) is 11.3. The standard InChI is InChI=1S/C23H30N4O4S/c1-30-12-9-25-8-4-5-17(15-25)27-22-18-6-2-3-7-20(18)32(29)16-19(22)21(24-27)23(28)26-10-13-31-14-11-26/h2-3,6-7,17H,4-5,8-16H2,1H3/t17-,32?/m1/s1. The average Bonchev–Trinajstić information content (AvgIpc) is 3.22. The number of hydrogen-bond acceptors (Lipinski definition) is 6. The normalized spacial score (nSPS) is 23.6. The maximum absolute atomic E-state index is 13.5. The molecule has 32 heavy (non-hydrogen) atoms. The number of likely N-dealkylation sites (tertiary alicyclic amines) is 1. The van der Waals surface area contributed by atoms with Crippen molar-refractivity contribution in [3.8, 4) is 11.3 Å². The fourth-order valence-electron chi connectivity index (χ4n) is 4.97. The number of carbonyl (C=O) groups is 1. The minimum Gasteiger partial charge on any atom is -0.383 e. The molecule has 1 aromatic carbocycles. The first kappa shape index (κ1) is 21.8. The van der Waals surface area contributed by atoms with Crippen LogP contribution in [0.1, 0.15) is 34.9 Å². The molecule has 2 atom stereocenters. The summed E-state index contributed by atoms with van der Waals surface area (Å²) < 4.78 is 25.8. The highest BCUT2D eigenvalue weighted by Crippen LogP contribution is 2.40. The number of rotatable bonds is 5. The fraction of sp³-hybridized carbons (Fsp3) is 0.565. The number of benzene rings is 1. The lowest BCUT2D eigenvalue weighted by Crippen LogP contribution is -2.41. The first-order valence-corrected chi connectivity index (χ1v) is 12.7. The molecule has 0 N–H and O–H groups in total. The number of ether oxygens (including phenoxy) is 2. The quantitative estimate of drug-likeness (QED) is 0.682. The van der Waals surface area contributed by atoms with Crippen molar-refractivity contribution >= 4 is 16.7 Å². The Kier molecular flexibility index (Phi) is 6.41. The van der Waals surface area contributed by atoms with Gasteiger partial charge in [0.1, 0.15) is 0 Å². The van der Waals surface area contributed by atoms with E-state index in [0.717, 1.165) is 54.2 Å². The van der Waals surface area contributed by atoms with Gasteiger partial charge in [-0.15, -0.1) is 0 Å². The van der Waals surface area contributed by atoms with E-state index < -0.39 is 10.8 Å². The molecule has 4 heterocycles. The summed E-state index contributed by atoms with van der Waals surface area (Å²) in [4.78, 5) is 18.5. The molecule has 1 unspecified atom stereocenters. The summed E-state index contributed by atoms with van der Waals surface area (Å²) in [6, 6.07) is 8.01. The van der Waals surface area contributed by atoms with Crippen molar-refractivity contribution in [3.63, 3.8) is 0 Å². The molecule has 0 saturated carbocycles. The van der Waals surface area contributed by atoms with E-state index in [9.17, 15) is 9.00 Å². The summed E-state index contributed by atoms with van der Waals surface area (Å²) in [5, 5.41) is 4.93. The number of hydrogen-bond donors (Lipinski definition) is 0. The van der Waals surface area contributed by atoms with Gasteiger partial charge in [0.05, 0.1) is 48.1 Å². The number of amides is 1. The highest BCUT2D eigenvalue weighted by Gasteiger charge is 2.36. The second-order valence-corrected chi connectivity index (χ2v) is 10.0. The third-order valence-corrected chi connectivity index (χ3v) is 8.01. The second kappa shape index (κ2) is 9.43. The minimum absolute atomic E-state index is 0.0771. The van der Waals surface area contributed by atoms with E-state index in [4.69, 9.17) is 14.6 Å². The molecule has 0 bridgehead atoms. The van der Waals surface area contributed by atoms with Crippen LogP contribution in [0.25, 0.3) is 11.3 Å². The Morgan fingerprint density at radius 1 is 1.25 bits per heavy atom. The average molecular weight is 459 g/mol. The molecule has 172 valence electrons. The van der Waals surface area contributed by atoms with Crippen LogP contribution in [-0.4, -0.2) is 89.4 Å². The highest BCUT2D eigenvalue weighted by molar-refractivity contribution is 7.84. The topological polar surface area (TPSA) is 76.9 Å². The molecule has 3 aliphatic heterocycles. The number of nitrogens with zero attached hydrogens (tertiary/aromatic N) is 4. The van der Waals surface area contributed by atoms with E-state index in [2.05, 4.69) is 9.58 Å². The van der Waals surface area contributed by atoms with Crippen LogP contribution in [0.4, 0.5) is 0 Å². The molecule has 1 aromatic heterocycles. The van der Waals surface area contributed by atoms with E-state index in [1.807, 2.05) is 29.2 Å². The number of methoxy groups -OCH3 is 1. The van der Waals surface area contributed by atoms with E-state index in [-0.39, 0.29) is 11.9 Å². The molecule has 2 aromatic rings. The van der Waals surface area contributed by atoms with Crippen LogP contribution >= 0.6 is 0 Å². The Morgan fingerprint density at radius 2 is 2.06 bits per heavy atom. The van der Waals surface area contributed by atoms with Gasteiger partial charge in [-0.25, -0.2) is 0 Å². The molecular weight excluding hydrogens is 428 g/mol. The Bertz CT molecular complexity index is 1020. The van der Waals surface area contributed by atoms with E-state index in [0.29, 0.717) is 44.4 Å². The SMILES string of the molecule is COCCN1CCC[C@@H](n2nc(C(=O)N3CCOCC3)c3c2-c2ccccc2S(=O)C3)C1. The monoisotopic (exact) mass is 458 g/mol. The zero-order valence-electron chi connectivity index (χ0n) is 18.5. The van der Waals surface area contributed by atoms with Gasteiger partial charge in [-0.05, 0) is 25.5 Å². The lowest BCUT2D eigenvalue weighted by molar-refractivity contribution is 0.0297. The predicted molar refractivity (Wildman–Crippen MR) is 121 cm³/mol. The largest absolute Gasteiger partial charge is 0.383 e. The van der Waals surface area contributed by atoms with Crippen LogP contribution < -0.4 is 0 Å². The molecule has 0 aliphatic carbocycles. The molecule has 8 nitrogen and oxygen atoms in total. The van der Waals surface area contributed by atoms with Crippen molar-refractivity contribution in [3.05, 3.63) is 35.5 Å². The van der Waals surface area contributed by atoms with Crippen LogP contribution in [0.15, 0.2) is 29.2 Å². The number of carbonyl (C=O) groups excluding carboxylic acids is 1. The number of piperidine rings is 1. The van der Waals surface area contributed by atoms with Gasteiger partial charge in [0.15, 0.2) is 5.69 Å². The minimum atomic E-state index is -1.19. The Morgan fingerprint density at radius 3 is 2.88 bits per heavy atom. The molecule has 1 amide bonds. The fourth-order valence-corrected chi connectivity index (χ4v) is 6.30. The first-order chi connectivity index (χ1) is 15.7. The molecule has 2 fully saturated rings. The maximum Gasteiger partial charge on any atom is 0.274 e. The van der Waals surface area contributed by atoms with Gasteiger partial charge in [0, 0.05) is 49.3 Å². The van der Waals surface area contributed by atoms with Gasteiger partial charge in [0.2, 0.25) is 0 Å². The molecule has 0 spiro atoms. The molecule has 3 aliphatic rings. The van der Waals surface area contributed by atoms with E-state index in [1.165, 1.54) is 0 Å². The molecular formula is C23H30N4O4S. The smallest absolute Gasteiger partial charge is 0.274 e. The number of morpholine rings is 1. The lowest BCUT2D eigenvalue weighted by Gasteiger charge is -2.34. The van der Waals surface area contributed by atoms with Gasteiger partial charge >= 0.3 is 0 Å². The summed E-state index contributed by atoms with van der Waals surface area (Å²) in [6.45, 7) is 5.71. The van der Waals surface area contributed by atoms with Gasteiger partial charge in [-0.3, -0.25) is 18.6 Å². The van der Waals surface area contributed by atoms with Crippen molar-refractivity contribution in [2.75, 3.05) is 59.7 Å². The van der Waals surface area contributed by atoms with Gasteiger partial charge in [0.25, 0.3) is 5.91 Å². The predicted octanol–water partition coefficient (Wildman–Crippen LogP) is 1.93. The van der Waals surface area contributed by atoms with Crippen LogP contribution in [0.5, 0.6) is 0 Å². The Labute approximate surface area is 190 Å². The third-order valence-electron chi connectivity index (χ3n) is 6.61. The van der Waals surface area contributed by atoms with E-state index >= 15 is 0 Å². The van der Waals surface area contributed by atoms with Crippen LogP contribution in [0.2, 0.25) is 0 Å². The lowest BCUT2D eigenvalue weighted by atomic mass is 10.0. The highest BCUT2D eigenvalue weighted by atomic mass is 32.2. The number of fused-ring (bicyclic) bond motifs is 3. The molecule has 9 heteroatoms. The van der Waals surface area contributed by atoms with Crippen molar-refractivity contribution in [2.45, 2.75) is 29.5 Å². The Balaban J connectivity index is 1.57. The van der Waals surface area contributed by atoms with E-state index in [1.54, 1.807) is 7.11 Å². The summed E-state index contributed by atoms with van der Waals surface area (Å²) >= 11 is 0. The summed E-state index contributed by atoms with van der Waals surface area (Å²) in [6.07, 6.45) is 2.08. The van der Waals surface area contributed by atoms with Gasteiger partial charge in [-0.1, -0.05) is 18.2 Å². The van der Waals surface area contributed by atoms with Crippen molar-refractivity contribution in [2.24, 2.45) is 0 Å².